The highest BCUT2D eigenvalue weighted by Crippen LogP contribution is 2.23. The highest BCUT2D eigenvalue weighted by molar-refractivity contribution is 6.18. The molecule has 2 nitrogen and oxygen atoms in total. The third-order valence-corrected chi connectivity index (χ3v) is 4.09. The van der Waals surface area contributed by atoms with E-state index in [4.69, 9.17) is 11.6 Å². The number of piperazine rings is 1. The predicted octanol–water partition coefficient (Wildman–Crippen LogP) is 3.22. The number of hydrogen-bond acceptors (Lipinski definition) is 2. The van der Waals surface area contributed by atoms with Gasteiger partial charge in [0.1, 0.15) is 0 Å². The number of halogens is 1. The first-order valence-electron chi connectivity index (χ1n) is 6.97. The molecule has 0 aliphatic carbocycles. The molecule has 0 atom stereocenters. The molecule has 0 aromatic heterocycles. The summed E-state index contributed by atoms with van der Waals surface area (Å²) >= 11 is 5.64. The molecular weight excluding hydrogens is 256 g/mol. The highest BCUT2D eigenvalue weighted by Gasteiger charge is 2.17. The number of benzene rings is 1. The topological polar surface area (TPSA) is 6.48 Å². The van der Waals surface area contributed by atoms with Crippen molar-refractivity contribution >= 4 is 17.3 Å². The molecule has 0 saturated carbocycles. The molecule has 0 spiro atoms. The van der Waals surface area contributed by atoms with Crippen molar-refractivity contribution in [3.8, 4) is 0 Å². The van der Waals surface area contributed by atoms with Crippen LogP contribution in [0.1, 0.15) is 11.1 Å². The molecule has 1 aliphatic heterocycles. The zero-order valence-corrected chi connectivity index (χ0v) is 12.7. The largest absolute Gasteiger partial charge is 0.369 e. The molecule has 1 aromatic rings. The molecule has 1 saturated heterocycles. The number of allylic oxidation sites excluding steroid dienone is 1. The van der Waals surface area contributed by atoms with Crippen LogP contribution >= 0.6 is 11.6 Å². The molecule has 19 heavy (non-hydrogen) atoms. The number of hydrogen-bond donors (Lipinski definition) is 0. The van der Waals surface area contributed by atoms with Gasteiger partial charge in [-0.15, -0.1) is 11.6 Å². The summed E-state index contributed by atoms with van der Waals surface area (Å²) in [6, 6.07) is 6.59. The number of alkyl halides is 1. The lowest BCUT2D eigenvalue weighted by atomic mass is 10.1. The van der Waals surface area contributed by atoms with Gasteiger partial charge in [-0.05, 0) is 31.0 Å². The Morgan fingerprint density at radius 1 is 1.11 bits per heavy atom. The highest BCUT2D eigenvalue weighted by atomic mass is 35.5. The second-order valence-electron chi connectivity index (χ2n) is 5.13. The maximum atomic E-state index is 5.64. The van der Waals surface area contributed by atoms with Gasteiger partial charge in [0.05, 0.1) is 0 Å². The lowest BCUT2D eigenvalue weighted by molar-refractivity contribution is 0.284. The van der Waals surface area contributed by atoms with E-state index < -0.39 is 0 Å². The zero-order chi connectivity index (χ0) is 13.7. The van der Waals surface area contributed by atoms with Gasteiger partial charge >= 0.3 is 0 Å². The standard InChI is InChI=1S/C16H23ClN2/c1-14-6-5-7-16(15(14)2)19-12-10-18(11-13-19)9-4-3-8-17/h3-7H,8-13H2,1-2H3. The minimum absolute atomic E-state index is 0.614. The third kappa shape index (κ3) is 3.74. The minimum Gasteiger partial charge on any atom is -0.369 e. The number of anilines is 1. The normalized spacial score (nSPS) is 17.3. The van der Waals surface area contributed by atoms with E-state index in [1.54, 1.807) is 0 Å². The average Bonchev–Trinajstić information content (AvgIpc) is 2.43. The second kappa shape index (κ2) is 6.97. The van der Waals surface area contributed by atoms with Crippen molar-refractivity contribution in [2.75, 3.05) is 43.5 Å². The first-order valence-corrected chi connectivity index (χ1v) is 7.50. The molecule has 0 bridgehead atoms. The van der Waals surface area contributed by atoms with E-state index in [1.165, 1.54) is 16.8 Å². The predicted molar refractivity (Wildman–Crippen MR) is 84.4 cm³/mol. The Bertz CT molecular complexity index is 434. The summed E-state index contributed by atoms with van der Waals surface area (Å²) in [5.41, 5.74) is 4.19. The molecule has 0 unspecified atom stereocenters. The molecule has 1 heterocycles. The molecular formula is C16H23ClN2. The van der Waals surface area contributed by atoms with Gasteiger partial charge in [0, 0.05) is 44.3 Å². The Hall–Kier alpha value is -0.990. The van der Waals surface area contributed by atoms with Crippen molar-refractivity contribution in [1.82, 2.24) is 4.90 Å². The summed E-state index contributed by atoms with van der Waals surface area (Å²) in [6.45, 7) is 9.90. The van der Waals surface area contributed by atoms with E-state index in [0.29, 0.717) is 5.88 Å². The lowest BCUT2D eigenvalue weighted by Gasteiger charge is -2.36. The van der Waals surface area contributed by atoms with E-state index in [0.717, 1.165) is 32.7 Å². The summed E-state index contributed by atoms with van der Waals surface area (Å²) in [5.74, 6) is 0.614. The molecule has 2 rings (SSSR count). The lowest BCUT2D eigenvalue weighted by Crippen LogP contribution is -2.46. The summed E-state index contributed by atoms with van der Waals surface area (Å²) in [7, 11) is 0. The average molecular weight is 279 g/mol. The van der Waals surface area contributed by atoms with Crippen LogP contribution in [-0.2, 0) is 0 Å². The van der Waals surface area contributed by atoms with Gasteiger partial charge < -0.3 is 4.90 Å². The van der Waals surface area contributed by atoms with Crippen molar-refractivity contribution in [2.24, 2.45) is 0 Å². The van der Waals surface area contributed by atoms with Gasteiger partial charge in [-0.2, -0.15) is 0 Å². The van der Waals surface area contributed by atoms with E-state index in [9.17, 15) is 0 Å². The first kappa shape index (κ1) is 14.4. The van der Waals surface area contributed by atoms with E-state index >= 15 is 0 Å². The van der Waals surface area contributed by atoms with E-state index in [-0.39, 0.29) is 0 Å². The number of nitrogens with zero attached hydrogens (tertiary/aromatic N) is 2. The summed E-state index contributed by atoms with van der Waals surface area (Å²) in [4.78, 5) is 4.98. The molecule has 1 fully saturated rings. The molecule has 1 aromatic carbocycles. The van der Waals surface area contributed by atoms with Crippen molar-refractivity contribution < 1.29 is 0 Å². The third-order valence-electron chi connectivity index (χ3n) is 3.91. The summed E-state index contributed by atoms with van der Waals surface area (Å²) in [6.07, 6.45) is 4.19. The zero-order valence-electron chi connectivity index (χ0n) is 11.9. The fourth-order valence-corrected chi connectivity index (χ4v) is 2.66. The SMILES string of the molecule is Cc1cccc(N2CCN(CC=CCCl)CC2)c1C. The molecule has 1 aliphatic rings. The van der Waals surface area contributed by atoms with Gasteiger partial charge in [0.25, 0.3) is 0 Å². The van der Waals surface area contributed by atoms with E-state index in [1.807, 2.05) is 6.08 Å². The number of aryl methyl sites for hydroxylation is 1. The Morgan fingerprint density at radius 3 is 2.53 bits per heavy atom. The number of rotatable bonds is 4. The van der Waals surface area contributed by atoms with Crippen molar-refractivity contribution in [2.45, 2.75) is 13.8 Å². The van der Waals surface area contributed by atoms with Gasteiger partial charge in [-0.1, -0.05) is 24.3 Å². The van der Waals surface area contributed by atoms with Crippen LogP contribution in [0.3, 0.4) is 0 Å². The molecule has 0 radical (unpaired) electrons. The molecule has 0 amide bonds. The van der Waals surface area contributed by atoms with Gasteiger partial charge in [0.15, 0.2) is 0 Å². The Morgan fingerprint density at radius 2 is 1.84 bits per heavy atom. The molecule has 0 N–H and O–H groups in total. The Balaban J connectivity index is 1.92. The summed E-state index contributed by atoms with van der Waals surface area (Å²) in [5, 5.41) is 0. The minimum atomic E-state index is 0.614. The van der Waals surface area contributed by atoms with Crippen LogP contribution in [0.2, 0.25) is 0 Å². The van der Waals surface area contributed by atoms with Crippen molar-refractivity contribution in [3.63, 3.8) is 0 Å². The fourth-order valence-electron chi connectivity index (χ4n) is 2.54. The fraction of sp³-hybridized carbons (Fsp3) is 0.500. The van der Waals surface area contributed by atoms with Gasteiger partial charge in [-0.3, -0.25) is 4.90 Å². The maximum absolute atomic E-state index is 5.64. The monoisotopic (exact) mass is 278 g/mol. The van der Waals surface area contributed by atoms with Crippen LogP contribution in [0, 0.1) is 13.8 Å². The maximum Gasteiger partial charge on any atom is 0.0404 e. The van der Waals surface area contributed by atoms with Crippen LogP contribution in [0.15, 0.2) is 30.4 Å². The second-order valence-corrected chi connectivity index (χ2v) is 5.44. The van der Waals surface area contributed by atoms with E-state index in [2.05, 4.69) is 47.9 Å². The van der Waals surface area contributed by atoms with Crippen LogP contribution in [0.4, 0.5) is 5.69 Å². The van der Waals surface area contributed by atoms with Crippen molar-refractivity contribution in [1.29, 1.82) is 0 Å². The summed E-state index contributed by atoms with van der Waals surface area (Å²) < 4.78 is 0. The van der Waals surface area contributed by atoms with Crippen LogP contribution in [0.25, 0.3) is 0 Å². The van der Waals surface area contributed by atoms with Crippen LogP contribution in [0.5, 0.6) is 0 Å². The smallest absolute Gasteiger partial charge is 0.0404 e. The quantitative estimate of drug-likeness (QED) is 0.616. The van der Waals surface area contributed by atoms with Gasteiger partial charge in [0.2, 0.25) is 0 Å². The first-order chi connectivity index (χ1) is 9.22. The van der Waals surface area contributed by atoms with Crippen LogP contribution < -0.4 is 4.90 Å². The molecule has 3 heteroatoms. The Labute approximate surface area is 121 Å². The van der Waals surface area contributed by atoms with Crippen molar-refractivity contribution in [3.05, 3.63) is 41.5 Å². The molecule has 104 valence electrons. The van der Waals surface area contributed by atoms with Crippen LogP contribution in [-0.4, -0.2) is 43.5 Å². The Kier molecular flexibility index (Phi) is 5.29. The van der Waals surface area contributed by atoms with Gasteiger partial charge in [-0.25, -0.2) is 0 Å².